The number of hydrogen-bond acceptors (Lipinski definition) is 2. The second kappa shape index (κ2) is 5.54. The fraction of sp³-hybridized carbons (Fsp3) is 0.250. The van der Waals surface area contributed by atoms with Gasteiger partial charge in [0.25, 0.3) is 0 Å². The van der Waals surface area contributed by atoms with Gasteiger partial charge >= 0.3 is 0 Å². The molecule has 0 bridgehead atoms. The summed E-state index contributed by atoms with van der Waals surface area (Å²) in [4.78, 5) is 2.12. The number of nitrogen functional groups attached to an aromatic ring is 1. The molecule has 0 atom stereocenters. The summed E-state index contributed by atoms with van der Waals surface area (Å²) in [6.45, 7) is 5.04. The van der Waals surface area contributed by atoms with E-state index in [1.54, 1.807) is 0 Å². The molecule has 0 spiro atoms. The van der Waals surface area contributed by atoms with Gasteiger partial charge in [0.05, 0.1) is 11.4 Å². The summed E-state index contributed by atoms with van der Waals surface area (Å²) < 4.78 is 0. The van der Waals surface area contributed by atoms with Crippen molar-refractivity contribution in [1.82, 2.24) is 0 Å². The molecule has 0 unspecified atom stereocenters. The number of halogens is 1. The zero-order valence-corrected chi connectivity index (χ0v) is 12.3. The van der Waals surface area contributed by atoms with E-state index in [-0.39, 0.29) is 0 Å². The van der Waals surface area contributed by atoms with E-state index in [9.17, 15) is 0 Å². The molecule has 100 valence electrons. The van der Waals surface area contributed by atoms with Crippen molar-refractivity contribution >= 4 is 23.0 Å². The average molecular weight is 275 g/mol. The van der Waals surface area contributed by atoms with Crippen LogP contribution >= 0.6 is 11.6 Å². The van der Waals surface area contributed by atoms with Gasteiger partial charge in [-0.2, -0.15) is 0 Å². The van der Waals surface area contributed by atoms with Crippen LogP contribution in [0.15, 0.2) is 36.4 Å². The van der Waals surface area contributed by atoms with E-state index in [1.165, 1.54) is 16.7 Å². The predicted molar refractivity (Wildman–Crippen MR) is 83.9 cm³/mol. The lowest BCUT2D eigenvalue weighted by Gasteiger charge is -2.22. The number of anilines is 2. The van der Waals surface area contributed by atoms with E-state index in [0.717, 1.165) is 17.9 Å². The van der Waals surface area contributed by atoms with Crippen LogP contribution < -0.4 is 10.6 Å². The Bertz CT molecular complexity index is 573. The molecule has 0 aromatic heterocycles. The lowest BCUT2D eigenvalue weighted by molar-refractivity contribution is 0.921. The largest absolute Gasteiger partial charge is 0.397 e. The maximum absolute atomic E-state index is 6.03. The van der Waals surface area contributed by atoms with E-state index in [0.29, 0.717) is 5.02 Å². The van der Waals surface area contributed by atoms with E-state index < -0.39 is 0 Å². The van der Waals surface area contributed by atoms with E-state index in [2.05, 4.69) is 36.9 Å². The molecular weight excluding hydrogens is 256 g/mol. The Kier molecular flexibility index (Phi) is 4.01. The molecule has 2 aromatic carbocycles. The van der Waals surface area contributed by atoms with Crippen molar-refractivity contribution in [1.29, 1.82) is 0 Å². The predicted octanol–water partition coefficient (Wildman–Crippen LogP) is 4.18. The minimum atomic E-state index is 0.705. The normalized spacial score (nSPS) is 10.5. The van der Waals surface area contributed by atoms with Crippen molar-refractivity contribution in [2.24, 2.45) is 0 Å². The van der Waals surface area contributed by atoms with Gasteiger partial charge in [-0.3, -0.25) is 0 Å². The number of nitrogens with zero attached hydrogens (tertiary/aromatic N) is 1. The minimum absolute atomic E-state index is 0.705. The molecule has 0 aliphatic rings. The Morgan fingerprint density at radius 2 is 1.68 bits per heavy atom. The molecule has 0 saturated carbocycles. The van der Waals surface area contributed by atoms with Gasteiger partial charge in [-0.1, -0.05) is 40.9 Å². The SMILES string of the molecule is Cc1cc(C)cc(CN(C)c2cc(Cl)ccc2N)c1. The first-order valence-corrected chi connectivity index (χ1v) is 6.67. The molecule has 2 nitrogen and oxygen atoms in total. The molecule has 0 saturated heterocycles. The molecule has 19 heavy (non-hydrogen) atoms. The van der Waals surface area contributed by atoms with Crippen LogP contribution in [0, 0.1) is 13.8 Å². The van der Waals surface area contributed by atoms with Crippen LogP contribution in [0.5, 0.6) is 0 Å². The highest BCUT2D eigenvalue weighted by atomic mass is 35.5. The summed E-state index contributed by atoms with van der Waals surface area (Å²) in [5, 5.41) is 0.705. The van der Waals surface area contributed by atoms with Gasteiger partial charge < -0.3 is 10.6 Å². The van der Waals surface area contributed by atoms with Gasteiger partial charge in [0, 0.05) is 18.6 Å². The summed E-state index contributed by atoms with van der Waals surface area (Å²) in [6, 6.07) is 12.1. The van der Waals surface area contributed by atoms with Gasteiger partial charge in [-0.25, -0.2) is 0 Å². The Balaban J connectivity index is 2.25. The molecule has 0 aliphatic heterocycles. The highest BCUT2D eigenvalue weighted by Gasteiger charge is 2.07. The molecule has 2 rings (SSSR count). The molecule has 0 heterocycles. The van der Waals surface area contributed by atoms with E-state index in [1.807, 2.05) is 25.2 Å². The lowest BCUT2D eigenvalue weighted by atomic mass is 10.1. The number of rotatable bonds is 3. The third kappa shape index (κ3) is 3.42. The molecule has 3 heteroatoms. The molecule has 2 aromatic rings. The van der Waals surface area contributed by atoms with Crippen molar-refractivity contribution < 1.29 is 0 Å². The van der Waals surface area contributed by atoms with E-state index in [4.69, 9.17) is 17.3 Å². The summed E-state index contributed by atoms with van der Waals surface area (Å²) in [6.07, 6.45) is 0. The number of benzene rings is 2. The average Bonchev–Trinajstić information content (AvgIpc) is 2.30. The summed E-state index contributed by atoms with van der Waals surface area (Å²) >= 11 is 6.03. The third-order valence-electron chi connectivity index (χ3n) is 3.10. The van der Waals surface area contributed by atoms with Crippen LogP contribution in [-0.4, -0.2) is 7.05 Å². The zero-order chi connectivity index (χ0) is 14.0. The fourth-order valence-corrected chi connectivity index (χ4v) is 2.53. The van der Waals surface area contributed by atoms with Gasteiger partial charge in [0.15, 0.2) is 0 Å². The minimum Gasteiger partial charge on any atom is -0.397 e. The summed E-state index contributed by atoms with van der Waals surface area (Å²) in [5.74, 6) is 0. The van der Waals surface area contributed by atoms with Crippen LogP contribution in [0.25, 0.3) is 0 Å². The van der Waals surface area contributed by atoms with Crippen LogP contribution in [-0.2, 0) is 6.54 Å². The maximum atomic E-state index is 6.03. The molecule has 0 aliphatic carbocycles. The second-order valence-electron chi connectivity index (χ2n) is 5.06. The Morgan fingerprint density at radius 3 is 2.32 bits per heavy atom. The standard InChI is InChI=1S/C16H19ClN2/c1-11-6-12(2)8-13(7-11)10-19(3)16-9-14(17)4-5-15(16)18/h4-9H,10,18H2,1-3H3. The Morgan fingerprint density at radius 1 is 1.05 bits per heavy atom. The van der Waals surface area contributed by atoms with Crippen LogP contribution in [0.1, 0.15) is 16.7 Å². The highest BCUT2D eigenvalue weighted by molar-refractivity contribution is 6.31. The van der Waals surface area contributed by atoms with E-state index >= 15 is 0 Å². The zero-order valence-electron chi connectivity index (χ0n) is 11.6. The fourth-order valence-electron chi connectivity index (χ4n) is 2.37. The first-order valence-electron chi connectivity index (χ1n) is 6.29. The smallest absolute Gasteiger partial charge is 0.0615 e. The van der Waals surface area contributed by atoms with Gasteiger partial charge in [0.2, 0.25) is 0 Å². The Labute approximate surface area is 119 Å². The quantitative estimate of drug-likeness (QED) is 0.851. The third-order valence-corrected chi connectivity index (χ3v) is 3.34. The first kappa shape index (κ1) is 13.8. The van der Waals surface area contributed by atoms with Crippen molar-refractivity contribution in [2.75, 3.05) is 17.7 Å². The molecular formula is C16H19ClN2. The first-order chi connectivity index (χ1) is 8.95. The monoisotopic (exact) mass is 274 g/mol. The van der Waals surface area contributed by atoms with Crippen LogP contribution in [0.2, 0.25) is 5.02 Å². The van der Waals surface area contributed by atoms with Crippen LogP contribution in [0.4, 0.5) is 11.4 Å². The van der Waals surface area contributed by atoms with Crippen molar-refractivity contribution in [3.63, 3.8) is 0 Å². The molecule has 0 amide bonds. The van der Waals surface area contributed by atoms with Crippen molar-refractivity contribution in [2.45, 2.75) is 20.4 Å². The van der Waals surface area contributed by atoms with Crippen molar-refractivity contribution in [3.8, 4) is 0 Å². The molecule has 0 fully saturated rings. The van der Waals surface area contributed by atoms with Crippen molar-refractivity contribution in [3.05, 3.63) is 58.1 Å². The molecule has 2 N–H and O–H groups in total. The topological polar surface area (TPSA) is 29.3 Å². The lowest BCUT2D eigenvalue weighted by Crippen LogP contribution is -2.18. The van der Waals surface area contributed by atoms with Gasteiger partial charge in [-0.15, -0.1) is 0 Å². The maximum Gasteiger partial charge on any atom is 0.0615 e. The van der Waals surface area contributed by atoms with Crippen LogP contribution in [0.3, 0.4) is 0 Å². The number of nitrogens with two attached hydrogens (primary N) is 1. The second-order valence-corrected chi connectivity index (χ2v) is 5.49. The van der Waals surface area contributed by atoms with Gasteiger partial charge in [0.1, 0.15) is 0 Å². The molecule has 0 radical (unpaired) electrons. The number of aryl methyl sites for hydroxylation is 2. The summed E-state index contributed by atoms with van der Waals surface area (Å²) in [5.41, 5.74) is 11.6. The summed E-state index contributed by atoms with van der Waals surface area (Å²) in [7, 11) is 2.03. The van der Waals surface area contributed by atoms with Gasteiger partial charge in [-0.05, 0) is 37.6 Å². The highest BCUT2D eigenvalue weighted by Crippen LogP contribution is 2.27. The number of hydrogen-bond donors (Lipinski definition) is 1. The Hall–Kier alpha value is -1.67.